The molecule has 2 fully saturated rings. The van der Waals surface area contributed by atoms with Crippen LogP contribution in [0.15, 0.2) is 18.5 Å². The molecule has 26 heavy (non-hydrogen) atoms. The van der Waals surface area contributed by atoms with Gasteiger partial charge in [-0.1, -0.05) is 6.92 Å². The normalized spacial score (nSPS) is 27.5. The predicted molar refractivity (Wildman–Crippen MR) is 98.4 cm³/mol. The zero-order valence-corrected chi connectivity index (χ0v) is 15.6. The molecule has 2 N–H and O–H groups in total. The monoisotopic (exact) mass is 375 g/mol. The van der Waals surface area contributed by atoms with Crippen LogP contribution in [0.4, 0.5) is 0 Å². The van der Waals surface area contributed by atoms with Crippen molar-refractivity contribution < 1.29 is 18.1 Å². The lowest BCUT2D eigenvalue weighted by atomic mass is 9.75. The van der Waals surface area contributed by atoms with Crippen molar-refractivity contribution in [2.75, 3.05) is 18.8 Å². The highest BCUT2D eigenvalue weighted by atomic mass is 32.2. The van der Waals surface area contributed by atoms with Crippen LogP contribution in [0.3, 0.4) is 0 Å². The third-order valence-corrected chi connectivity index (χ3v) is 8.24. The molecule has 2 spiro atoms. The molecule has 1 saturated heterocycles. The Kier molecular flexibility index (Phi) is 3.42. The van der Waals surface area contributed by atoms with Crippen LogP contribution in [0.5, 0.6) is 0 Å². The van der Waals surface area contributed by atoms with E-state index in [1.807, 2.05) is 19.2 Å². The number of hydrogen-bond acceptors (Lipinski definition) is 5. The second-order valence-electron chi connectivity index (χ2n) is 8.05. The average molecular weight is 375 g/mol. The molecule has 138 valence electrons. The molecule has 4 heterocycles. The number of nitrogens with one attached hydrogen (secondary N) is 1. The maximum atomic E-state index is 12.3. The molecule has 0 aromatic carbocycles. The van der Waals surface area contributed by atoms with Gasteiger partial charge in [0.05, 0.1) is 11.4 Å². The van der Waals surface area contributed by atoms with Gasteiger partial charge in [0.15, 0.2) is 0 Å². The van der Waals surface area contributed by atoms with Crippen LogP contribution in [-0.2, 0) is 20.3 Å². The van der Waals surface area contributed by atoms with Crippen LogP contribution in [0.25, 0.3) is 11.0 Å². The van der Waals surface area contributed by atoms with E-state index >= 15 is 0 Å². The van der Waals surface area contributed by atoms with Crippen LogP contribution in [0.2, 0.25) is 0 Å². The van der Waals surface area contributed by atoms with E-state index < -0.39 is 22.7 Å². The lowest BCUT2D eigenvalue weighted by Crippen LogP contribution is -2.58. The van der Waals surface area contributed by atoms with Gasteiger partial charge in [-0.05, 0) is 37.3 Å². The van der Waals surface area contributed by atoms with Gasteiger partial charge in [0.1, 0.15) is 5.65 Å². The number of hydrogen-bond donors (Lipinski definition) is 2. The van der Waals surface area contributed by atoms with E-state index in [0.29, 0.717) is 19.5 Å². The molecule has 1 unspecified atom stereocenters. The zero-order chi connectivity index (χ0) is 18.2. The molecule has 0 radical (unpaired) electrons. The third-order valence-electron chi connectivity index (χ3n) is 6.27. The highest BCUT2D eigenvalue weighted by Gasteiger charge is 2.61. The molecule has 9 heteroatoms. The van der Waals surface area contributed by atoms with Gasteiger partial charge >= 0.3 is 7.12 Å². The predicted octanol–water partition coefficient (Wildman–Crippen LogP) is 0.702. The summed E-state index contributed by atoms with van der Waals surface area (Å²) in [5, 5.41) is 11.4. The molecule has 1 atom stereocenters. The molecule has 5 rings (SSSR count). The first-order valence-electron chi connectivity index (χ1n) is 9.18. The molecule has 2 aliphatic heterocycles. The molecule has 1 aliphatic carbocycles. The van der Waals surface area contributed by atoms with Crippen LogP contribution < -0.4 is 5.46 Å². The van der Waals surface area contributed by atoms with E-state index in [1.165, 1.54) is 0 Å². The number of rotatable bonds is 3. The summed E-state index contributed by atoms with van der Waals surface area (Å²) >= 11 is 0. The number of nitrogens with zero attached hydrogens (tertiary/aromatic N) is 2. The van der Waals surface area contributed by atoms with Gasteiger partial charge in [0.25, 0.3) is 0 Å². The van der Waals surface area contributed by atoms with Crippen LogP contribution in [-0.4, -0.2) is 53.7 Å². The number of sulfonamides is 1. The molecule has 3 aliphatic rings. The number of aromatic amines is 1. The van der Waals surface area contributed by atoms with Crippen molar-refractivity contribution in [1.29, 1.82) is 0 Å². The molecular formula is C17H22BN3O4S. The largest absolute Gasteiger partial charge is 0.493 e. The van der Waals surface area contributed by atoms with Crippen molar-refractivity contribution in [3.8, 4) is 0 Å². The Bertz CT molecular complexity index is 985. The Morgan fingerprint density at radius 3 is 3.00 bits per heavy atom. The Morgan fingerprint density at radius 1 is 1.42 bits per heavy atom. The highest BCUT2D eigenvalue weighted by Crippen LogP contribution is 2.58. The number of pyridine rings is 1. The second kappa shape index (κ2) is 5.31. The van der Waals surface area contributed by atoms with Gasteiger partial charge in [0, 0.05) is 41.7 Å². The minimum absolute atomic E-state index is 0.0476. The summed E-state index contributed by atoms with van der Waals surface area (Å²) in [6, 6.07) is 1.98. The van der Waals surface area contributed by atoms with Crippen molar-refractivity contribution in [2.24, 2.45) is 5.41 Å². The fraction of sp³-hybridized carbons (Fsp3) is 0.588. The third kappa shape index (κ3) is 2.17. The lowest BCUT2D eigenvalue weighted by Gasteiger charge is -2.48. The standard InChI is InChI=1S/C17H22BN3O4S/c1-2-7-26(23,24)21-10-16(11-21)4-5-17(9-16)14-12-3-6-19-15(12)20-8-13(14)18(22)25-17/h3,6,8,22H,2,4-5,7,9-11H2,1H3,(H,19,20). The summed E-state index contributed by atoms with van der Waals surface area (Å²) in [4.78, 5) is 7.49. The first-order chi connectivity index (χ1) is 12.4. The molecule has 0 amide bonds. The van der Waals surface area contributed by atoms with Gasteiger partial charge in [-0.3, -0.25) is 0 Å². The molecular weight excluding hydrogens is 353 g/mol. The minimum Gasteiger partial charge on any atom is -0.423 e. The van der Waals surface area contributed by atoms with Gasteiger partial charge in [0.2, 0.25) is 10.0 Å². The first-order valence-corrected chi connectivity index (χ1v) is 10.8. The van der Waals surface area contributed by atoms with Crippen molar-refractivity contribution in [3.05, 3.63) is 24.0 Å². The summed E-state index contributed by atoms with van der Waals surface area (Å²) in [7, 11) is -4.11. The van der Waals surface area contributed by atoms with Gasteiger partial charge in [-0.15, -0.1) is 0 Å². The van der Waals surface area contributed by atoms with Crippen molar-refractivity contribution in [2.45, 2.75) is 38.2 Å². The summed E-state index contributed by atoms with van der Waals surface area (Å²) in [6.07, 6.45) is 6.62. The number of H-pyrrole nitrogens is 1. The molecule has 1 saturated carbocycles. The maximum Gasteiger partial charge on any atom is 0.493 e. The van der Waals surface area contributed by atoms with Crippen LogP contribution >= 0.6 is 0 Å². The quantitative estimate of drug-likeness (QED) is 0.771. The van der Waals surface area contributed by atoms with E-state index in [-0.39, 0.29) is 11.2 Å². The second-order valence-corrected chi connectivity index (χ2v) is 10.1. The summed E-state index contributed by atoms with van der Waals surface area (Å²) < 4.78 is 32.3. The zero-order valence-electron chi connectivity index (χ0n) is 14.7. The topological polar surface area (TPSA) is 95.5 Å². The highest BCUT2D eigenvalue weighted by molar-refractivity contribution is 7.89. The fourth-order valence-corrected chi connectivity index (χ4v) is 6.89. The lowest BCUT2D eigenvalue weighted by molar-refractivity contribution is 0.0170. The van der Waals surface area contributed by atoms with E-state index in [2.05, 4.69) is 9.97 Å². The Hall–Kier alpha value is -1.42. The molecule has 7 nitrogen and oxygen atoms in total. The van der Waals surface area contributed by atoms with Gasteiger partial charge in [-0.2, -0.15) is 0 Å². The SMILES string of the molecule is CCCS(=O)(=O)N1CC2(CCC3(C2)OB(O)c2cnc4[nH]ccc4c23)C1. The molecule has 0 bridgehead atoms. The number of aromatic nitrogens is 2. The maximum absolute atomic E-state index is 12.3. The van der Waals surface area contributed by atoms with Crippen LogP contribution in [0, 0.1) is 5.41 Å². The van der Waals surface area contributed by atoms with Crippen LogP contribution in [0.1, 0.15) is 38.2 Å². The van der Waals surface area contributed by atoms with Crippen molar-refractivity contribution >= 4 is 33.6 Å². The average Bonchev–Trinajstić information content (AvgIpc) is 3.23. The first kappa shape index (κ1) is 16.7. The number of fused-ring (bicyclic) bond motifs is 4. The van der Waals surface area contributed by atoms with E-state index in [0.717, 1.165) is 41.3 Å². The van der Waals surface area contributed by atoms with E-state index in [9.17, 15) is 13.4 Å². The molecule has 2 aromatic rings. The smallest absolute Gasteiger partial charge is 0.423 e. The van der Waals surface area contributed by atoms with Crippen molar-refractivity contribution in [1.82, 2.24) is 14.3 Å². The summed E-state index contributed by atoms with van der Waals surface area (Å²) in [6.45, 7) is 3.01. The Labute approximate surface area is 152 Å². The van der Waals surface area contributed by atoms with Crippen molar-refractivity contribution in [3.63, 3.8) is 0 Å². The van der Waals surface area contributed by atoms with E-state index in [4.69, 9.17) is 4.65 Å². The molecule has 2 aromatic heterocycles. The summed E-state index contributed by atoms with van der Waals surface area (Å²) in [5.74, 6) is 0.210. The van der Waals surface area contributed by atoms with Gasteiger partial charge in [-0.25, -0.2) is 17.7 Å². The summed E-state index contributed by atoms with van der Waals surface area (Å²) in [5.41, 5.74) is 1.97. The van der Waals surface area contributed by atoms with Gasteiger partial charge < -0.3 is 14.7 Å². The minimum atomic E-state index is -3.14. The Morgan fingerprint density at radius 2 is 2.23 bits per heavy atom. The Balaban J connectivity index is 1.47. The fourth-order valence-electron chi connectivity index (χ4n) is 5.17. The van der Waals surface area contributed by atoms with E-state index in [1.54, 1.807) is 10.5 Å².